The van der Waals surface area contributed by atoms with Gasteiger partial charge >= 0.3 is 0 Å². The van der Waals surface area contributed by atoms with E-state index in [0.29, 0.717) is 33.0 Å². The van der Waals surface area contributed by atoms with E-state index in [1.165, 1.54) is 0 Å². The van der Waals surface area contributed by atoms with Crippen LogP contribution in [-0.4, -0.2) is 27.6 Å². The Kier molecular flexibility index (Phi) is 4.95. The van der Waals surface area contributed by atoms with Gasteiger partial charge in [-0.15, -0.1) is 0 Å². The third-order valence-electron chi connectivity index (χ3n) is 6.76. The minimum absolute atomic E-state index is 0.0367. The molecule has 2 aromatic heterocycles. The summed E-state index contributed by atoms with van der Waals surface area (Å²) in [5.74, 6) is 1.24. The Balaban J connectivity index is 1.69. The average Bonchev–Trinajstić information content (AvgIpc) is 3.36. The number of imidazole rings is 1. The number of pyridine rings is 1. The van der Waals surface area contributed by atoms with Crippen molar-refractivity contribution in [3.8, 4) is 28.3 Å². The summed E-state index contributed by atoms with van der Waals surface area (Å²) < 4.78 is 7.77. The molecule has 0 aliphatic carbocycles. The Labute approximate surface area is 213 Å². The van der Waals surface area contributed by atoms with Crippen LogP contribution in [0.5, 0.6) is 5.75 Å². The number of carbonyl (C=O) groups excluding carboxylic acids is 1. The van der Waals surface area contributed by atoms with Gasteiger partial charge in [0.05, 0.1) is 34.8 Å². The van der Waals surface area contributed by atoms with Crippen LogP contribution >= 0.6 is 23.2 Å². The Morgan fingerprint density at radius 3 is 2.60 bits per heavy atom. The van der Waals surface area contributed by atoms with Gasteiger partial charge in [0.25, 0.3) is 5.91 Å². The van der Waals surface area contributed by atoms with Crippen molar-refractivity contribution in [2.75, 3.05) is 12.0 Å². The molecule has 4 aromatic rings. The molecule has 2 aliphatic heterocycles. The van der Waals surface area contributed by atoms with Gasteiger partial charge in [-0.1, -0.05) is 41.4 Å². The van der Waals surface area contributed by atoms with Crippen LogP contribution in [-0.2, 0) is 0 Å². The number of para-hydroxylation sites is 1. The molecule has 4 heterocycles. The maximum absolute atomic E-state index is 14.0. The summed E-state index contributed by atoms with van der Waals surface area (Å²) in [4.78, 5) is 25.2. The molecule has 1 amide bonds. The SMILES string of the molecule is COc1ccccc1-c1nc2c(n1C(C)C)C1c3ccc(Cl)cc3-c3c(Cl)cnc(C)c3N1C2=O. The summed E-state index contributed by atoms with van der Waals surface area (Å²) in [5.41, 5.74) is 6.17. The van der Waals surface area contributed by atoms with Crippen LogP contribution in [0.15, 0.2) is 48.7 Å². The van der Waals surface area contributed by atoms with Crippen LogP contribution in [0, 0.1) is 6.92 Å². The zero-order valence-corrected chi connectivity index (χ0v) is 21.1. The Bertz CT molecular complexity index is 1540. The van der Waals surface area contributed by atoms with Gasteiger partial charge in [-0.2, -0.15) is 0 Å². The van der Waals surface area contributed by atoms with Crippen molar-refractivity contribution < 1.29 is 9.53 Å². The van der Waals surface area contributed by atoms with Crippen molar-refractivity contribution in [1.82, 2.24) is 14.5 Å². The van der Waals surface area contributed by atoms with E-state index in [9.17, 15) is 4.79 Å². The number of nitrogens with zero attached hydrogens (tertiary/aromatic N) is 4. The van der Waals surface area contributed by atoms with Crippen LogP contribution in [0.1, 0.15) is 53.4 Å². The molecule has 1 atom stereocenters. The van der Waals surface area contributed by atoms with Crippen LogP contribution < -0.4 is 9.64 Å². The minimum atomic E-state index is -0.380. The minimum Gasteiger partial charge on any atom is -0.496 e. The fourth-order valence-electron chi connectivity index (χ4n) is 5.38. The highest BCUT2D eigenvalue weighted by Crippen LogP contribution is 2.55. The van der Waals surface area contributed by atoms with Crippen LogP contribution in [0.25, 0.3) is 22.5 Å². The van der Waals surface area contributed by atoms with E-state index in [2.05, 4.69) is 23.4 Å². The van der Waals surface area contributed by atoms with E-state index in [4.69, 9.17) is 32.9 Å². The summed E-state index contributed by atoms with van der Waals surface area (Å²) in [6.45, 7) is 6.08. The highest BCUT2D eigenvalue weighted by Gasteiger charge is 2.49. The third kappa shape index (κ3) is 3.00. The number of rotatable bonds is 3. The molecule has 1 unspecified atom stereocenters. The number of anilines is 1. The Morgan fingerprint density at radius 1 is 1.09 bits per heavy atom. The molecular weight excluding hydrogens is 483 g/mol. The Morgan fingerprint density at radius 2 is 1.86 bits per heavy atom. The van der Waals surface area contributed by atoms with Crippen molar-refractivity contribution >= 4 is 34.8 Å². The first-order valence-corrected chi connectivity index (χ1v) is 12.1. The molecule has 0 fully saturated rings. The Hall–Kier alpha value is -3.35. The van der Waals surface area contributed by atoms with Crippen LogP contribution in [0.3, 0.4) is 0 Å². The maximum atomic E-state index is 14.0. The number of hydrogen-bond acceptors (Lipinski definition) is 4. The standard InChI is InChI=1S/C27H22Cl2N4O2/c1-13(2)32-25-22(31-26(32)17-7-5-6-8-20(17)35-4)27(34)33-23-14(3)30-12-19(29)21(23)18-11-15(28)9-10-16(18)24(25)33/h5-13,24H,1-4H3. The first kappa shape index (κ1) is 22.1. The summed E-state index contributed by atoms with van der Waals surface area (Å²) in [6, 6.07) is 13.1. The molecule has 0 N–H and O–H groups in total. The maximum Gasteiger partial charge on any atom is 0.279 e. The molecule has 8 heteroatoms. The molecular formula is C27H22Cl2N4O2. The van der Waals surface area contributed by atoms with Gasteiger partial charge in [0.15, 0.2) is 5.69 Å². The molecule has 2 aromatic carbocycles. The molecule has 2 aliphatic rings. The summed E-state index contributed by atoms with van der Waals surface area (Å²) >= 11 is 13.1. The van der Waals surface area contributed by atoms with E-state index in [-0.39, 0.29) is 18.0 Å². The molecule has 0 saturated heterocycles. The topological polar surface area (TPSA) is 60.2 Å². The van der Waals surface area contributed by atoms with Crippen molar-refractivity contribution in [3.05, 3.63) is 81.4 Å². The average molecular weight is 505 g/mol. The second-order valence-corrected chi connectivity index (χ2v) is 9.90. The third-order valence-corrected chi connectivity index (χ3v) is 7.28. The van der Waals surface area contributed by atoms with Gasteiger partial charge in [0.1, 0.15) is 17.6 Å². The molecule has 176 valence electrons. The highest BCUT2D eigenvalue weighted by atomic mass is 35.5. The first-order valence-electron chi connectivity index (χ1n) is 11.4. The van der Waals surface area contributed by atoms with E-state index >= 15 is 0 Å². The van der Waals surface area contributed by atoms with Gasteiger partial charge in [-0.3, -0.25) is 14.7 Å². The van der Waals surface area contributed by atoms with Gasteiger partial charge in [-0.05, 0) is 56.2 Å². The van der Waals surface area contributed by atoms with Crippen molar-refractivity contribution in [3.63, 3.8) is 0 Å². The van der Waals surface area contributed by atoms with E-state index in [0.717, 1.165) is 33.6 Å². The highest BCUT2D eigenvalue weighted by molar-refractivity contribution is 6.35. The largest absolute Gasteiger partial charge is 0.496 e. The number of carbonyl (C=O) groups is 1. The van der Waals surface area contributed by atoms with Gasteiger partial charge < -0.3 is 9.30 Å². The van der Waals surface area contributed by atoms with Gasteiger partial charge in [-0.25, -0.2) is 4.98 Å². The quantitative estimate of drug-likeness (QED) is 0.305. The number of fused-ring (bicyclic) bond motifs is 8. The molecule has 35 heavy (non-hydrogen) atoms. The summed E-state index contributed by atoms with van der Waals surface area (Å²) in [7, 11) is 1.64. The van der Waals surface area contributed by atoms with E-state index < -0.39 is 0 Å². The van der Waals surface area contributed by atoms with Crippen LogP contribution in [0.2, 0.25) is 10.0 Å². The number of benzene rings is 2. The van der Waals surface area contributed by atoms with Gasteiger partial charge in [0, 0.05) is 22.8 Å². The zero-order chi connectivity index (χ0) is 24.6. The van der Waals surface area contributed by atoms with E-state index in [1.807, 2.05) is 49.4 Å². The fourth-order valence-corrected chi connectivity index (χ4v) is 5.80. The normalized spacial score (nSPS) is 15.7. The number of halogens is 2. The molecule has 6 nitrogen and oxygen atoms in total. The number of aryl methyl sites for hydroxylation is 1. The number of methoxy groups -OCH3 is 1. The molecule has 0 radical (unpaired) electrons. The number of hydrogen-bond donors (Lipinski definition) is 0. The predicted molar refractivity (Wildman–Crippen MR) is 138 cm³/mol. The van der Waals surface area contributed by atoms with Crippen molar-refractivity contribution in [1.29, 1.82) is 0 Å². The van der Waals surface area contributed by atoms with Crippen molar-refractivity contribution in [2.24, 2.45) is 0 Å². The molecule has 0 spiro atoms. The predicted octanol–water partition coefficient (Wildman–Crippen LogP) is 6.88. The van der Waals surface area contributed by atoms with E-state index in [1.54, 1.807) is 18.2 Å². The van der Waals surface area contributed by atoms with Crippen molar-refractivity contribution in [2.45, 2.75) is 32.9 Å². The van der Waals surface area contributed by atoms with Gasteiger partial charge in [0.2, 0.25) is 0 Å². The zero-order valence-electron chi connectivity index (χ0n) is 19.6. The van der Waals surface area contributed by atoms with Crippen LogP contribution in [0.4, 0.5) is 5.69 Å². The molecule has 6 rings (SSSR count). The summed E-state index contributed by atoms with van der Waals surface area (Å²) in [6.07, 6.45) is 1.63. The monoisotopic (exact) mass is 504 g/mol. The lowest BCUT2D eigenvalue weighted by molar-refractivity contribution is 0.0989. The second kappa shape index (κ2) is 7.83. The lowest BCUT2D eigenvalue weighted by Crippen LogP contribution is -2.34. The smallest absolute Gasteiger partial charge is 0.279 e. The number of aromatic nitrogens is 3. The number of ether oxygens (including phenoxy) is 1. The lowest BCUT2D eigenvalue weighted by Gasteiger charge is -2.36. The summed E-state index contributed by atoms with van der Waals surface area (Å²) in [5, 5.41) is 1.08. The lowest BCUT2D eigenvalue weighted by atomic mass is 9.88. The molecule has 0 bridgehead atoms. The first-order chi connectivity index (χ1) is 16.8. The second-order valence-electron chi connectivity index (χ2n) is 9.06. The number of amides is 1. The molecule has 0 saturated carbocycles. The fraction of sp³-hybridized carbons (Fsp3) is 0.222.